The molecule has 5 nitrogen and oxygen atoms in total. The summed E-state index contributed by atoms with van der Waals surface area (Å²) in [5.41, 5.74) is 5.10. The van der Waals surface area contributed by atoms with Crippen LogP contribution >= 0.6 is 0 Å². The van der Waals surface area contributed by atoms with Gasteiger partial charge in [-0.15, -0.1) is 0 Å². The van der Waals surface area contributed by atoms with Gasteiger partial charge in [0, 0.05) is 5.56 Å². The van der Waals surface area contributed by atoms with Gasteiger partial charge in [-0.3, -0.25) is 0 Å². The highest BCUT2D eigenvalue weighted by Crippen LogP contribution is 2.27. The van der Waals surface area contributed by atoms with Crippen molar-refractivity contribution in [1.29, 1.82) is 0 Å². The Balaban J connectivity index is 3.02. The molecule has 4 N–H and O–H groups in total. The number of rotatable bonds is 3. The highest BCUT2D eigenvalue weighted by molar-refractivity contribution is 5.55. The minimum Gasteiger partial charge on any atom is -0.388 e. The summed E-state index contributed by atoms with van der Waals surface area (Å²) in [4.78, 5) is 8.02. The number of aliphatic hydroxyl groups is 1. The van der Waals surface area contributed by atoms with Crippen molar-refractivity contribution >= 4 is 11.6 Å². The van der Waals surface area contributed by atoms with Gasteiger partial charge in [-0.1, -0.05) is 0 Å². The second-order valence-corrected chi connectivity index (χ2v) is 5.04. The summed E-state index contributed by atoms with van der Waals surface area (Å²) in [6.07, 6.45) is 1.41. The Kier molecular flexibility index (Phi) is 3.10. The summed E-state index contributed by atoms with van der Waals surface area (Å²) in [6, 6.07) is 0. The quantitative estimate of drug-likeness (QED) is 0.721. The van der Waals surface area contributed by atoms with E-state index in [0.29, 0.717) is 11.6 Å². The second kappa shape index (κ2) is 3.90. The van der Waals surface area contributed by atoms with Crippen LogP contribution in [0.2, 0.25) is 0 Å². The van der Waals surface area contributed by atoms with E-state index in [1.54, 1.807) is 13.8 Å². The van der Waals surface area contributed by atoms with Crippen LogP contribution in [0.1, 0.15) is 33.3 Å². The predicted molar refractivity (Wildman–Crippen MR) is 65.2 cm³/mol. The van der Waals surface area contributed by atoms with E-state index in [2.05, 4.69) is 15.3 Å². The van der Waals surface area contributed by atoms with E-state index < -0.39 is 11.1 Å². The van der Waals surface area contributed by atoms with Gasteiger partial charge in [0.25, 0.3) is 0 Å². The summed E-state index contributed by atoms with van der Waals surface area (Å²) >= 11 is 0. The number of nitrogens with one attached hydrogen (secondary N) is 1. The fourth-order valence-corrected chi connectivity index (χ4v) is 1.04. The van der Waals surface area contributed by atoms with Crippen molar-refractivity contribution in [3.8, 4) is 0 Å². The third kappa shape index (κ3) is 2.41. The van der Waals surface area contributed by atoms with E-state index in [0.717, 1.165) is 5.56 Å². The molecule has 0 aliphatic carbocycles. The largest absolute Gasteiger partial charge is 0.388 e. The van der Waals surface area contributed by atoms with E-state index >= 15 is 0 Å². The molecule has 90 valence electrons. The maximum Gasteiger partial charge on any atom is 0.134 e. The van der Waals surface area contributed by atoms with Crippen molar-refractivity contribution in [3.05, 3.63) is 11.9 Å². The Morgan fingerprint density at radius 1 is 1.25 bits per heavy atom. The fraction of sp³-hybridized carbons (Fsp3) is 0.636. The normalized spacial score (nSPS) is 12.6. The Labute approximate surface area is 96.1 Å². The van der Waals surface area contributed by atoms with Crippen LogP contribution in [0.3, 0.4) is 0 Å². The van der Waals surface area contributed by atoms with Crippen molar-refractivity contribution in [2.75, 3.05) is 11.1 Å². The van der Waals surface area contributed by atoms with Gasteiger partial charge in [0.05, 0.1) is 11.1 Å². The van der Waals surface area contributed by atoms with Crippen LogP contribution in [0, 0.1) is 6.92 Å². The van der Waals surface area contributed by atoms with Gasteiger partial charge in [0.2, 0.25) is 0 Å². The molecule has 1 heterocycles. The maximum absolute atomic E-state index is 10.0. The van der Waals surface area contributed by atoms with Crippen LogP contribution in [0.5, 0.6) is 0 Å². The lowest BCUT2D eigenvalue weighted by Gasteiger charge is -2.38. The Hall–Kier alpha value is -1.36. The lowest BCUT2D eigenvalue weighted by Crippen LogP contribution is -2.51. The highest BCUT2D eigenvalue weighted by Gasteiger charge is 2.35. The van der Waals surface area contributed by atoms with Gasteiger partial charge in [-0.05, 0) is 34.6 Å². The average Bonchev–Trinajstić information content (AvgIpc) is 2.11. The number of hydrogen-bond acceptors (Lipinski definition) is 5. The van der Waals surface area contributed by atoms with Crippen molar-refractivity contribution in [3.63, 3.8) is 0 Å². The molecule has 0 saturated carbocycles. The maximum atomic E-state index is 10.0. The molecule has 0 aliphatic rings. The summed E-state index contributed by atoms with van der Waals surface area (Å²) in [5.74, 6) is 1.10. The Morgan fingerprint density at radius 3 is 2.31 bits per heavy atom. The molecule has 1 aromatic heterocycles. The zero-order valence-electron chi connectivity index (χ0n) is 10.5. The monoisotopic (exact) mass is 224 g/mol. The molecule has 1 aromatic rings. The van der Waals surface area contributed by atoms with Crippen molar-refractivity contribution in [2.45, 2.75) is 45.8 Å². The van der Waals surface area contributed by atoms with Crippen molar-refractivity contribution in [2.24, 2.45) is 0 Å². The Bertz CT molecular complexity index is 382. The molecular formula is C11H20N4O. The predicted octanol–water partition coefficient (Wildman–Crippen LogP) is 1.33. The SMILES string of the molecule is Cc1c(N)ncnc1NC(C)(C)C(C)(C)O. The van der Waals surface area contributed by atoms with E-state index in [1.165, 1.54) is 6.33 Å². The fourth-order valence-electron chi connectivity index (χ4n) is 1.04. The van der Waals surface area contributed by atoms with Crippen LogP contribution in [0.25, 0.3) is 0 Å². The molecule has 0 amide bonds. The second-order valence-electron chi connectivity index (χ2n) is 5.04. The number of nitrogens with two attached hydrogens (primary N) is 1. The van der Waals surface area contributed by atoms with Crippen LogP contribution in [0.15, 0.2) is 6.33 Å². The van der Waals surface area contributed by atoms with Gasteiger partial charge in [0.15, 0.2) is 0 Å². The first-order chi connectivity index (χ1) is 7.15. The standard InChI is InChI=1S/C11H20N4O/c1-7-8(12)13-6-14-9(7)15-10(2,3)11(4,5)16/h6,16H,1-5H3,(H3,12,13,14,15). The van der Waals surface area contributed by atoms with E-state index in [9.17, 15) is 5.11 Å². The third-order valence-corrected chi connectivity index (χ3v) is 3.08. The smallest absolute Gasteiger partial charge is 0.134 e. The zero-order valence-corrected chi connectivity index (χ0v) is 10.5. The summed E-state index contributed by atoms with van der Waals surface area (Å²) in [5, 5.41) is 13.2. The number of anilines is 2. The molecule has 0 fully saturated rings. The lowest BCUT2D eigenvalue weighted by atomic mass is 9.86. The molecule has 0 aromatic carbocycles. The lowest BCUT2D eigenvalue weighted by molar-refractivity contribution is 0.0238. The van der Waals surface area contributed by atoms with Gasteiger partial charge in [-0.2, -0.15) is 0 Å². The van der Waals surface area contributed by atoms with Gasteiger partial charge in [-0.25, -0.2) is 9.97 Å². The summed E-state index contributed by atoms with van der Waals surface area (Å²) < 4.78 is 0. The van der Waals surface area contributed by atoms with Gasteiger partial charge >= 0.3 is 0 Å². The first kappa shape index (κ1) is 12.7. The molecule has 0 aliphatic heterocycles. The highest BCUT2D eigenvalue weighted by atomic mass is 16.3. The molecule has 1 rings (SSSR count). The van der Waals surface area contributed by atoms with Crippen molar-refractivity contribution < 1.29 is 5.11 Å². The molecular weight excluding hydrogens is 204 g/mol. The topological polar surface area (TPSA) is 84.1 Å². The molecule has 0 radical (unpaired) electrons. The van der Waals surface area contributed by atoms with Crippen molar-refractivity contribution in [1.82, 2.24) is 9.97 Å². The molecule has 0 spiro atoms. The zero-order chi connectivity index (χ0) is 12.6. The van der Waals surface area contributed by atoms with Crippen LogP contribution in [-0.2, 0) is 0 Å². The first-order valence-corrected chi connectivity index (χ1v) is 5.23. The number of nitrogens with zero attached hydrogens (tertiary/aromatic N) is 2. The number of aromatic nitrogens is 2. The minimum absolute atomic E-state index is 0.448. The van der Waals surface area contributed by atoms with E-state index in [4.69, 9.17) is 5.73 Å². The molecule has 0 atom stereocenters. The van der Waals surface area contributed by atoms with Gasteiger partial charge < -0.3 is 16.2 Å². The van der Waals surface area contributed by atoms with E-state index in [1.807, 2.05) is 20.8 Å². The molecule has 0 bridgehead atoms. The van der Waals surface area contributed by atoms with Crippen LogP contribution in [0.4, 0.5) is 11.6 Å². The van der Waals surface area contributed by atoms with Crippen LogP contribution < -0.4 is 11.1 Å². The van der Waals surface area contributed by atoms with Gasteiger partial charge in [0.1, 0.15) is 18.0 Å². The minimum atomic E-state index is -0.876. The Morgan fingerprint density at radius 2 is 1.81 bits per heavy atom. The summed E-state index contributed by atoms with van der Waals surface area (Å²) in [6.45, 7) is 9.16. The number of hydrogen-bond donors (Lipinski definition) is 3. The first-order valence-electron chi connectivity index (χ1n) is 5.23. The van der Waals surface area contributed by atoms with E-state index in [-0.39, 0.29) is 0 Å². The third-order valence-electron chi connectivity index (χ3n) is 3.08. The molecule has 16 heavy (non-hydrogen) atoms. The number of nitrogen functional groups attached to an aromatic ring is 1. The molecule has 0 saturated heterocycles. The summed E-state index contributed by atoms with van der Waals surface area (Å²) in [7, 11) is 0. The average molecular weight is 224 g/mol. The van der Waals surface area contributed by atoms with Crippen LogP contribution in [-0.4, -0.2) is 26.2 Å². The molecule has 0 unspecified atom stereocenters. The molecule has 5 heteroatoms.